The van der Waals surface area contributed by atoms with E-state index >= 15 is 0 Å². The quantitative estimate of drug-likeness (QED) is 0.658. The summed E-state index contributed by atoms with van der Waals surface area (Å²) >= 11 is 1.75. The van der Waals surface area contributed by atoms with Crippen LogP contribution in [0.5, 0.6) is 0 Å². The van der Waals surface area contributed by atoms with Crippen molar-refractivity contribution in [1.29, 1.82) is 0 Å². The maximum atomic E-state index is 11.4. The maximum absolute atomic E-state index is 11.4. The number of fused-ring (bicyclic) bond motifs is 1. The fourth-order valence-corrected chi connectivity index (χ4v) is 2.72. The van der Waals surface area contributed by atoms with Gasteiger partial charge in [0.1, 0.15) is 0 Å². The van der Waals surface area contributed by atoms with Crippen LogP contribution in [-0.2, 0) is 11.3 Å². The first-order valence-electron chi connectivity index (χ1n) is 5.09. The summed E-state index contributed by atoms with van der Waals surface area (Å²) < 4.78 is 0. The fourth-order valence-electron chi connectivity index (χ4n) is 1.72. The highest BCUT2D eigenvalue weighted by atomic mass is 32.2. The van der Waals surface area contributed by atoms with Gasteiger partial charge in [0, 0.05) is 30.7 Å². The van der Waals surface area contributed by atoms with E-state index in [0.717, 1.165) is 17.9 Å². The molecule has 1 aliphatic heterocycles. The van der Waals surface area contributed by atoms with Crippen LogP contribution in [0.15, 0.2) is 23.1 Å². The van der Waals surface area contributed by atoms with E-state index in [9.17, 15) is 4.79 Å². The van der Waals surface area contributed by atoms with Crippen LogP contribution >= 0.6 is 11.8 Å². The number of rotatable bonds is 0. The zero-order valence-electron chi connectivity index (χ0n) is 9.06. The minimum atomic E-state index is 0. The fraction of sp³-hybridized carbons (Fsp3) is 0.385. The lowest BCUT2D eigenvalue weighted by Gasteiger charge is -2.18. The Labute approximate surface area is 107 Å². The molecule has 1 aliphatic rings. The molecule has 0 radical (unpaired) electrons. The Morgan fingerprint density at radius 2 is 2.29 bits per heavy atom. The van der Waals surface area contributed by atoms with Crippen molar-refractivity contribution >= 4 is 23.4 Å². The van der Waals surface area contributed by atoms with Crippen molar-refractivity contribution in [3.05, 3.63) is 35.2 Å². The molecule has 0 bridgehead atoms. The lowest BCUT2D eigenvalue weighted by Crippen LogP contribution is -2.29. The number of thioether (sulfide) groups is 1. The first kappa shape index (κ1) is 13.6. The zero-order valence-corrected chi connectivity index (χ0v) is 9.88. The second-order valence-electron chi connectivity index (χ2n) is 3.69. The number of amides is 1. The number of hydrogen-bond donors (Lipinski definition) is 0. The van der Waals surface area contributed by atoms with Crippen molar-refractivity contribution in [2.75, 3.05) is 12.3 Å². The Hall–Kier alpha value is -1.47. The van der Waals surface area contributed by atoms with Gasteiger partial charge in [0.25, 0.3) is 0 Å². The van der Waals surface area contributed by atoms with Crippen LogP contribution in [0.2, 0.25) is 0 Å². The smallest absolute Gasteiger partial charge is 0.219 e. The molecule has 0 spiro atoms. The normalized spacial score (nSPS) is 14.0. The van der Waals surface area contributed by atoms with Gasteiger partial charge in [-0.25, -0.2) is 4.85 Å². The van der Waals surface area contributed by atoms with Gasteiger partial charge in [0.05, 0.1) is 6.57 Å². The molecule has 17 heavy (non-hydrogen) atoms. The average molecular weight is 248 g/mol. The van der Waals surface area contributed by atoms with E-state index < -0.39 is 0 Å². The minimum absolute atomic E-state index is 0. The van der Waals surface area contributed by atoms with E-state index in [1.165, 1.54) is 4.90 Å². The molecule has 2 rings (SSSR count). The highest BCUT2D eigenvalue weighted by Gasteiger charge is 2.16. The first-order chi connectivity index (χ1) is 7.70. The van der Waals surface area contributed by atoms with Crippen molar-refractivity contribution in [1.82, 2.24) is 4.90 Å². The third kappa shape index (κ3) is 3.01. The van der Waals surface area contributed by atoms with Gasteiger partial charge in [0.15, 0.2) is 5.69 Å². The van der Waals surface area contributed by atoms with Crippen LogP contribution in [0, 0.1) is 6.57 Å². The van der Waals surface area contributed by atoms with Gasteiger partial charge < -0.3 is 4.90 Å². The van der Waals surface area contributed by atoms with Crippen LogP contribution < -0.4 is 0 Å². The number of carbonyl (C=O) groups is 1. The van der Waals surface area contributed by atoms with E-state index in [0.29, 0.717) is 12.2 Å². The summed E-state index contributed by atoms with van der Waals surface area (Å²) in [6, 6.07) is 5.70. The van der Waals surface area contributed by atoms with Crippen molar-refractivity contribution in [2.24, 2.45) is 0 Å². The summed E-state index contributed by atoms with van der Waals surface area (Å²) in [5.74, 6) is 1.02. The number of hydrogen-bond acceptors (Lipinski definition) is 2. The molecule has 0 fully saturated rings. The Morgan fingerprint density at radius 1 is 1.53 bits per heavy atom. The molecule has 0 atom stereocenters. The summed E-state index contributed by atoms with van der Waals surface area (Å²) in [7, 11) is 0. The van der Waals surface area contributed by atoms with Gasteiger partial charge in [-0.3, -0.25) is 4.79 Å². The summed E-state index contributed by atoms with van der Waals surface area (Å²) in [6.45, 7) is 9.99. The van der Waals surface area contributed by atoms with Gasteiger partial charge >= 0.3 is 0 Å². The molecule has 1 aromatic carbocycles. The molecule has 0 N–H and O–H groups in total. The molecule has 3 nitrogen and oxygen atoms in total. The largest absolute Gasteiger partial charge is 0.338 e. The molecule has 0 aromatic heterocycles. The summed E-state index contributed by atoms with van der Waals surface area (Å²) in [5, 5.41) is 0. The van der Waals surface area contributed by atoms with Crippen LogP contribution in [0.1, 0.15) is 19.9 Å². The monoisotopic (exact) mass is 248 g/mol. The predicted octanol–water partition coefficient (Wildman–Crippen LogP) is 3.33. The molecule has 0 saturated heterocycles. The highest BCUT2D eigenvalue weighted by molar-refractivity contribution is 7.99. The molecule has 0 unspecified atom stereocenters. The first-order valence-corrected chi connectivity index (χ1v) is 6.08. The second-order valence-corrected chi connectivity index (χ2v) is 4.83. The van der Waals surface area contributed by atoms with Gasteiger partial charge in [-0.15, -0.1) is 11.8 Å². The van der Waals surface area contributed by atoms with Gasteiger partial charge in [0.2, 0.25) is 5.91 Å². The molecule has 90 valence electrons. The topological polar surface area (TPSA) is 24.7 Å². The lowest BCUT2D eigenvalue weighted by atomic mass is 10.2. The Balaban J connectivity index is 0.00000144. The van der Waals surface area contributed by atoms with E-state index in [1.54, 1.807) is 18.7 Å². The van der Waals surface area contributed by atoms with Gasteiger partial charge in [-0.05, 0) is 5.56 Å². The predicted molar refractivity (Wildman–Crippen MR) is 71.3 cm³/mol. The molecule has 1 amide bonds. The molecule has 1 heterocycles. The lowest BCUT2D eigenvalue weighted by molar-refractivity contribution is -0.129. The average Bonchev–Trinajstić information content (AvgIpc) is 2.49. The van der Waals surface area contributed by atoms with E-state index in [2.05, 4.69) is 4.85 Å². The molecule has 4 heteroatoms. The molecular weight excluding hydrogens is 232 g/mol. The summed E-state index contributed by atoms with van der Waals surface area (Å²) in [4.78, 5) is 17.8. The van der Waals surface area contributed by atoms with Gasteiger partial charge in [-0.2, -0.15) is 0 Å². The van der Waals surface area contributed by atoms with Crippen molar-refractivity contribution in [2.45, 2.75) is 25.8 Å². The number of carbonyl (C=O) groups excluding carboxylic acids is 1. The van der Waals surface area contributed by atoms with E-state index in [1.807, 2.05) is 23.1 Å². The standard InChI is InChI=1S/C12H12N2OS.CH4/c1-9(15)14-5-6-16-12-4-3-11(13-2)7-10(12)8-14;/h3-4,7H,5-6,8H2,1H3;1H4. The maximum Gasteiger partial charge on any atom is 0.219 e. The Bertz CT molecular complexity index is 465. The van der Waals surface area contributed by atoms with Crippen LogP contribution in [0.3, 0.4) is 0 Å². The SMILES string of the molecule is C.[C-]#[N+]c1ccc2c(c1)CN(C(C)=O)CCS2. The molecule has 0 saturated carbocycles. The van der Waals surface area contributed by atoms with E-state index in [4.69, 9.17) is 6.57 Å². The minimum Gasteiger partial charge on any atom is -0.338 e. The Morgan fingerprint density at radius 3 is 2.94 bits per heavy atom. The molecule has 0 aliphatic carbocycles. The van der Waals surface area contributed by atoms with Crippen molar-refractivity contribution in [3.63, 3.8) is 0 Å². The van der Waals surface area contributed by atoms with E-state index in [-0.39, 0.29) is 13.3 Å². The van der Waals surface area contributed by atoms with Gasteiger partial charge in [-0.1, -0.05) is 25.6 Å². The zero-order chi connectivity index (χ0) is 11.5. The summed E-state index contributed by atoms with van der Waals surface area (Å²) in [5.41, 5.74) is 1.73. The van der Waals surface area contributed by atoms with Crippen molar-refractivity contribution < 1.29 is 4.79 Å². The number of benzene rings is 1. The number of nitrogens with zero attached hydrogens (tertiary/aromatic N) is 2. The Kier molecular flexibility index (Phi) is 4.59. The third-order valence-corrected chi connectivity index (χ3v) is 3.69. The highest BCUT2D eigenvalue weighted by Crippen LogP contribution is 2.30. The summed E-state index contributed by atoms with van der Waals surface area (Å²) in [6.07, 6.45) is 0. The molecule has 1 aromatic rings. The second kappa shape index (κ2) is 5.74. The van der Waals surface area contributed by atoms with Crippen LogP contribution in [-0.4, -0.2) is 23.1 Å². The van der Waals surface area contributed by atoms with Crippen molar-refractivity contribution in [3.8, 4) is 0 Å². The van der Waals surface area contributed by atoms with Crippen LogP contribution in [0.25, 0.3) is 4.85 Å². The third-order valence-electron chi connectivity index (χ3n) is 2.60. The molecular formula is C13H16N2OS. The van der Waals surface area contributed by atoms with Crippen LogP contribution in [0.4, 0.5) is 5.69 Å².